The Bertz CT molecular complexity index is 2480. The molecule has 3 amide bonds. The molecular formula is C36H37N11O9S. The summed E-state index contributed by atoms with van der Waals surface area (Å²) in [6, 6.07) is 16.3. The maximum Gasteiger partial charge on any atom is 0.323 e. The number of aromatic nitrogens is 6. The van der Waals surface area contributed by atoms with Crippen LogP contribution in [0, 0.1) is 0 Å². The topological polar surface area (TPSA) is 305 Å². The average molecular weight is 800 g/mol. The van der Waals surface area contributed by atoms with Gasteiger partial charge in [0.05, 0.1) is 41.4 Å². The van der Waals surface area contributed by atoms with Crippen LogP contribution in [0.15, 0.2) is 96.4 Å². The van der Waals surface area contributed by atoms with Crippen molar-refractivity contribution in [3.8, 4) is 17.4 Å². The summed E-state index contributed by atoms with van der Waals surface area (Å²) in [7, 11) is -4.01. The molecule has 20 nitrogen and oxygen atoms in total. The number of anilines is 3. The number of aliphatic hydroxyl groups excluding tert-OH is 3. The van der Waals surface area contributed by atoms with Crippen molar-refractivity contribution in [2.45, 2.75) is 41.5 Å². The number of carbonyl (C=O) groups is 2. The van der Waals surface area contributed by atoms with Gasteiger partial charge in [0.1, 0.15) is 30.3 Å². The van der Waals surface area contributed by atoms with Crippen LogP contribution in [0.25, 0.3) is 17.1 Å². The molecule has 0 spiro atoms. The van der Waals surface area contributed by atoms with Crippen LogP contribution in [-0.4, -0.2) is 107 Å². The van der Waals surface area contributed by atoms with Gasteiger partial charge in [-0.1, -0.05) is 30.3 Å². The van der Waals surface area contributed by atoms with Gasteiger partial charge in [-0.05, 0) is 60.0 Å². The van der Waals surface area contributed by atoms with E-state index in [1.807, 2.05) is 0 Å². The predicted octanol–water partition coefficient (Wildman–Crippen LogP) is 1.10. The van der Waals surface area contributed by atoms with Crippen molar-refractivity contribution in [1.29, 1.82) is 0 Å². The first kappa shape index (κ1) is 38.6. The monoisotopic (exact) mass is 799 g/mol. The van der Waals surface area contributed by atoms with E-state index in [4.69, 9.17) is 15.1 Å². The lowest BCUT2D eigenvalue weighted by molar-refractivity contribution is -0.125. The predicted molar refractivity (Wildman–Crippen MR) is 204 cm³/mol. The minimum absolute atomic E-state index is 0.00467. The highest BCUT2D eigenvalue weighted by Crippen LogP contribution is 2.35. The number of nitrogens with one attached hydrogen (secondary N) is 4. The van der Waals surface area contributed by atoms with E-state index >= 15 is 0 Å². The molecule has 0 unspecified atom stereocenters. The summed E-state index contributed by atoms with van der Waals surface area (Å²) in [6.45, 7) is -0.570. The summed E-state index contributed by atoms with van der Waals surface area (Å²) >= 11 is 0. The number of aliphatic hydroxyl groups is 3. The second-order valence-electron chi connectivity index (χ2n) is 13.3. The molecule has 1 aliphatic rings. The molecule has 3 heterocycles. The van der Waals surface area contributed by atoms with Gasteiger partial charge < -0.3 is 51.4 Å². The number of carbonyl (C=O) groups excluding carboxylic acids is 2. The van der Waals surface area contributed by atoms with Gasteiger partial charge >= 0.3 is 6.03 Å². The number of imidazole rings is 1. The van der Waals surface area contributed by atoms with Crippen LogP contribution in [0.2, 0.25) is 0 Å². The molecule has 4 atom stereocenters. The fourth-order valence-electron chi connectivity index (χ4n) is 6.63. The van der Waals surface area contributed by atoms with Crippen LogP contribution in [0.1, 0.15) is 29.5 Å². The molecule has 11 N–H and O–H groups in total. The highest BCUT2D eigenvalue weighted by Gasteiger charge is 2.44. The molecule has 6 aromatic rings. The van der Waals surface area contributed by atoms with E-state index in [0.717, 1.165) is 11.1 Å². The lowest BCUT2D eigenvalue weighted by Crippen LogP contribution is -2.44. The number of hydrogen-bond acceptors (Lipinski definition) is 14. The first-order valence-electron chi connectivity index (χ1n) is 17.4. The van der Waals surface area contributed by atoms with E-state index in [2.05, 4.69) is 31.3 Å². The van der Waals surface area contributed by atoms with Gasteiger partial charge in [0, 0.05) is 18.2 Å². The van der Waals surface area contributed by atoms with Gasteiger partial charge in [0.25, 0.3) is 5.95 Å². The third kappa shape index (κ3) is 8.46. The smallest absolute Gasteiger partial charge is 0.323 e. The van der Waals surface area contributed by atoms with Gasteiger partial charge in [-0.25, -0.2) is 28.0 Å². The molecule has 3 aromatic heterocycles. The molecule has 0 bridgehead atoms. The number of nitrogens with zero attached hydrogens (tertiary/aromatic N) is 6. The molecule has 7 rings (SSSR count). The first-order chi connectivity index (χ1) is 27.3. The van der Waals surface area contributed by atoms with Gasteiger partial charge in [0.15, 0.2) is 17.0 Å². The fraction of sp³-hybridized carbons (Fsp3) is 0.222. The number of aromatic hydroxyl groups is 2. The molecule has 296 valence electrons. The molecule has 0 radical (unpaired) electrons. The SMILES string of the molecule is NS(=O)(=O)c1cccc(NC(=O)Nc2cnn(-c3nc(NCC(c4ccc(O)cc4)c4ccc(O)cc4)c4ncn([C@@H]5C[C@H](NC(=O)CO)[C@@H](O)[C@H]5O)c4n3)c2)c1. The Balaban J connectivity index is 1.22. The Kier molecular flexibility index (Phi) is 10.7. The van der Waals surface area contributed by atoms with E-state index in [-0.39, 0.29) is 69.6 Å². The van der Waals surface area contributed by atoms with Crippen LogP contribution in [0.4, 0.5) is 22.0 Å². The van der Waals surface area contributed by atoms with E-state index in [1.54, 1.807) is 53.1 Å². The molecule has 3 aromatic carbocycles. The number of fused-ring (bicyclic) bond motifs is 1. The van der Waals surface area contributed by atoms with Gasteiger partial charge in [-0.2, -0.15) is 15.1 Å². The van der Waals surface area contributed by atoms with Crippen LogP contribution in [0.3, 0.4) is 0 Å². The first-order valence-corrected chi connectivity index (χ1v) is 18.9. The Morgan fingerprint density at radius 3 is 2.23 bits per heavy atom. The molecule has 1 aliphatic carbocycles. The number of phenols is 2. The van der Waals surface area contributed by atoms with Gasteiger partial charge in [-0.3, -0.25) is 4.79 Å². The molecule has 0 saturated heterocycles. The molecule has 57 heavy (non-hydrogen) atoms. The zero-order chi connectivity index (χ0) is 40.4. The third-order valence-corrected chi connectivity index (χ3v) is 10.4. The molecule has 0 aliphatic heterocycles. The Morgan fingerprint density at radius 2 is 1.58 bits per heavy atom. The van der Waals surface area contributed by atoms with E-state index in [0.29, 0.717) is 0 Å². The molecular weight excluding hydrogens is 763 g/mol. The molecule has 1 fully saturated rings. The van der Waals surface area contributed by atoms with Gasteiger partial charge in [0.2, 0.25) is 15.9 Å². The Hall–Kier alpha value is -6.65. The second-order valence-corrected chi connectivity index (χ2v) is 14.8. The standard InChI is InChI=1S/C36H37N11O9S/c37-57(55,56)25-3-1-2-21(12-25)41-36(54)42-22-14-40-47(16-22)35-44-33(38-15-26(19-4-8-23(49)9-5-19)20-6-10-24(50)11-7-20)30-34(45-35)46(18-39-30)28-13-27(31(52)32(28)53)43-29(51)17-48/h1-12,14,16,18,26-28,31-32,48-50,52-53H,13,15,17H2,(H,43,51)(H2,37,55,56)(H,38,44,45)(H2,41,42,54)/t27-,28+,31+,32-/m0/s1. The number of sulfonamides is 1. The van der Waals surface area contributed by atoms with Crippen molar-refractivity contribution >= 4 is 50.3 Å². The number of rotatable bonds is 12. The number of phenolic OH excluding ortho intramolecular Hbond substituents is 2. The van der Waals surface area contributed by atoms with Crippen molar-refractivity contribution in [3.05, 3.63) is 103 Å². The van der Waals surface area contributed by atoms with Crippen LogP contribution in [-0.2, 0) is 14.8 Å². The highest BCUT2D eigenvalue weighted by molar-refractivity contribution is 7.89. The van der Waals surface area contributed by atoms with Crippen molar-refractivity contribution in [1.82, 2.24) is 34.6 Å². The maximum atomic E-state index is 12.9. The Morgan fingerprint density at radius 1 is 0.912 bits per heavy atom. The second kappa shape index (κ2) is 15.8. The van der Waals surface area contributed by atoms with E-state index < -0.39 is 52.9 Å². The lowest BCUT2D eigenvalue weighted by Gasteiger charge is -2.20. The third-order valence-electron chi connectivity index (χ3n) is 9.44. The van der Waals surface area contributed by atoms with Crippen molar-refractivity contribution in [2.24, 2.45) is 5.14 Å². The summed E-state index contributed by atoms with van der Waals surface area (Å²) in [5, 5.41) is 71.6. The minimum Gasteiger partial charge on any atom is -0.508 e. The average Bonchev–Trinajstić information content (AvgIpc) is 3.90. The molecule has 21 heteroatoms. The molecule has 1 saturated carbocycles. The van der Waals surface area contributed by atoms with Gasteiger partial charge in [-0.15, -0.1) is 0 Å². The zero-order valence-electron chi connectivity index (χ0n) is 29.7. The lowest BCUT2D eigenvalue weighted by atomic mass is 9.91. The van der Waals surface area contributed by atoms with Crippen molar-refractivity contribution in [2.75, 3.05) is 29.1 Å². The largest absolute Gasteiger partial charge is 0.508 e. The number of urea groups is 1. The fourth-order valence-corrected chi connectivity index (χ4v) is 7.19. The summed E-state index contributed by atoms with van der Waals surface area (Å²) < 4.78 is 26.3. The highest BCUT2D eigenvalue weighted by atomic mass is 32.2. The number of benzene rings is 3. The van der Waals surface area contributed by atoms with E-state index in [9.17, 15) is 43.5 Å². The normalized spacial score (nSPS) is 18.1. The summed E-state index contributed by atoms with van der Waals surface area (Å²) in [4.78, 5) is 38.6. The quantitative estimate of drug-likeness (QED) is 0.0830. The summed E-state index contributed by atoms with van der Waals surface area (Å²) in [5.74, 6) is -0.624. The maximum absolute atomic E-state index is 12.9. The van der Waals surface area contributed by atoms with Crippen molar-refractivity contribution < 1.29 is 43.5 Å². The van der Waals surface area contributed by atoms with E-state index in [1.165, 1.54) is 47.7 Å². The van der Waals surface area contributed by atoms with Crippen LogP contribution in [0.5, 0.6) is 11.5 Å². The van der Waals surface area contributed by atoms with Crippen LogP contribution >= 0.6 is 0 Å². The Labute approximate surface area is 323 Å². The zero-order valence-corrected chi connectivity index (χ0v) is 30.5. The number of amides is 3. The minimum atomic E-state index is -4.01. The van der Waals surface area contributed by atoms with Crippen molar-refractivity contribution in [3.63, 3.8) is 0 Å². The summed E-state index contributed by atoms with van der Waals surface area (Å²) in [6.07, 6.45) is 1.52. The summed E-state index contributed by atoms with van der Waals surface area (Å²) in [5.41, 5.74) is 2.54. The number of primary sulfonamides is 1. The van der Waals surface area contributed by atoms with Crippen LogP contribution < -0.4 is 26.4 Å². The number of hydrogen-bond donors (Lipinski definition) is 10. The number of nitrogens with two attached hydrogens (primary N) is 1.